The third-order valence-electron chi connectivity index (χ3n) is 13.2. The van der Waals surface area contributed by atoms with Crippen molar-refractivity contribution in [2.24, 2.45) is 0 Å². The second kappa shape index (κ2) is 55.2. The highest BCUT2D eigenvalue weighted by Crippen LogP contribution is 2.17. The van der Waals surface area contributed by atoms with Gasteiger partial charge < -0.3 is 33.3 Å². The van der Waals surface area contributed by atoms with Gasteiger partial charge in [0.1, 0.15) is 13.2 Å². The number of ether oxygens (including phenoxy) is 4. The Hall–Kier alpha value is -3.01. The van der Waals surface area contributed by atoms with Crippen molar-refractivity contribution in [1.82, 2.24) is 0 Å². The Bertz CT molecular complexity index is 1380. The molecule has 0 saturated carbocycles. The molecule has 0 aromatic carbocycles. The number of hydrogen-bond acceptors (Lipinski definition) is 8. The van der Waals surface area contributed by atoms with Gasteiger partial charge in [-0.3, -0.25) is 9.59 Å². The zero-order valence-electron chi connectivity index (χ0n) is 48.3. The van der Waals surface area contributed by atoms with Gasteiger partial charge in [0.05, 0.1) is 40.3 Å². The fourth-order valence-electron chi connectivity index (χ4n) is 8.58. The number of esters is 2. The van der Waals surface area contributed by atoms with E-state index in [1.54, 1.807) is 0 Å². The molecule has 0 aromatic rings. The van der Waals surface area contributed by atoms with Crippen LogP contribution in [0.2, 0.25) is 0 Å². The molecule has 9 heteroatoms. The maximum absolute atomic E-state index is 12.8. The molecule has 0 fully saturated rings. The Morgan fingerprint density at radius 3 is 1.16 bits per heavy atom. The lowest BCUT2D eigenvalue weighted by Crippen LogP contribution is -2.44. The van der Waals surface area contributed by atoms with E-state index in [-0.39, 0.29) is 38.6 Å². The summed E-state index contributed by atoms with van der Waals surface area (Å²) < 4.78 is 22.7. The SMILES string of the molecule is CC/C=C\C/C=C\C/C=C\CCCCCCCC(=O)OC(COC(=O)CCCCCCCCCCCCCCCCCCCCCCC/C=C\C/C=C\CCCCCCC)COC(OCC[N+](C)(C)C)C(=O)[O-]. The Kier molecular flexibility index (Phi) is 53.0. The highest BCUT2D eigenvalue weighted by molar-refractivity contribution is 5.70. The molecule has 0 aromatic heterocycles. The van der Waals surface area contributed by atoms with Crippen LogP contribution in [0.3, 0.4) is 0 Å². The first kappa shape index (κ1) is 70.0. The van der Waals surface area contributed by atoms with Crippen molar-refractivity contribution in [2.75, 3.05) is 47.5 Å². The minimum atomic E-state index is -1.63. The maximum Gasteiger partial charge on any atom is 0.306 e. The van der Waals surface area contributed by atoms with E-state index in [0.29, 0.717) is 17.4 Å². The van der Waals surface area contributed by atoms with E-state index < -0.39 is 24.3 Å². The Morgan fingerprint density at radius 2 is 0.781 bits per heavy atom. The quantitative estimate of drug-likeness (QED) is 0.0195. The average molecular weight is 1030 g/mol. The minimum absolute atomic E-state index is 0.143. The third kappa shape index (κ3) is 56.6. The zero-order valence-corrected chi connectivity index (χ0v) is 48.3. The van der Waals surface area contributed by atoms with Crippen LogP contribution in [0.4, 0.5) is 0 Å². The molecule has 0 heterocycles. The summed E-state index contributed by atoms with van der Waals surface area (Å²) in [6.45, 7) is 4.62. The lowest BCUT2D eigenvalue weighted by molar-refractivity contribution is -0.870. The first-order valence-corrected chi connectivity index (χ1v) is 30.4. The van der Waals surface area contributed by atoms with Crippen LogP contribution in [0.25, 0.3) is 0 Å². The largest absolute Gasteiger partial charge is 0.545 e. The Morgan fingerprint density at radius 1 is 0.425 bits per heavy atom. The molecule has 0 N–H and O–H groups in total. The van der Waals surface area contributed by atoms with Crippen molar-refractivity contribution >= 4 is 17.9 Å². The highest BCUT2D eigenvalue weighted by atomic mass is 16.7. The van der Waals surface area contributed by atoms with Gasteiger partial charge in [0, 0.05) is 12.8 Å². The molecule has 0 bridgehead atoms. The first-order chi connectivity index (χ1) is 35.6. The second-order valence-electron chi connectivity index (χ2n) is 21.6. The molecule has 0 saturated heterocycles. The smallest absolute Gasteiger partial charge is 0.306 e. The van der Waals surface area contributed by atoms with Gasteiger partial charge in [-0.05, 0) is 77.0 Å². The van der Waals surface area contributed by atoms with Crippen LogP contribution < -0.4 is 5.11 Å². The molecule has 0 amide bonds. The molecule has 0 aliphatic carbocycles. The summed E-state index contributed by atoms with van der Waals surface area (Å²) in [6.07, 6.45) is 67.3. The van der Waals surface area contributed by atoms with Gasteiger partial charge in [-0.1, -0.05) is 242 Å². The number of unbranched alkanes of at least 4 members (excludes halogenated alkanes) is 31. The molecule has 424 valence electrons. The van der Waals surface area contributed by atoms with E-state index in [9.17, 15) is 19.5 Å². The first-order valence-electron chi connectivity index (χ1n) is 30.4. The number of carboxylic acid groups (broad SMARTS) is 1. The normalized spacial score (nSPS) is 13.2. The standard InChI is InChI=1S/C64H115NO8/c1-6-8-10-12-14-16-18-20-22-23-24-25-26-27-28-29-30-31-32-33-34-35-36-37-38-39-41-42-44-46-48-50-52-54-61(66)71-58-60(59-72-64(63(68)69)70-57-56-65(3,4)5)73-62(67)55-53-51-49-47-45-43-40-21-19-17-15-13-11-9-7-2/h9,11,15,17-18,20-21,23-24,40,60,64H,6-8,10,12-14,16,19,22,25-39,41-59H2,1-5H3/b11-9-,17-15-,20-18-,24-23-,40-21-. The summed E-state index contributed by atoms with van der Waals surface area (Å²) in [6, 6.07) is 0. The molecule has 0 rings (SSSR count). The monoisotopic (exact) mass is 1030 g/mol. The number of carboxylic acids is 1. The summed E-state index contributed by atoms with van der Waals surface area (Å²) in [5.41, 5.74) is 0. The molecular weight excluding hydrogens is 911 g/mol. The van der Waals surface area contributed by atoms with E-state index >= 15 is 0 Å². The van der Waals surface area contributed by atoms with Crippen molar-refractivity contribution in [3.63, 3.8) is 0 Å². The van der Waals surface area contributed by atoms with Crippen molar-refractivity contribution in [3.05, 3.63) is 60.8 Å². The Labute approximate surface area is 450 Å². The lowest BCUT2D eigenvalue weighted by atomic mass is 10.0. The van der Waals surface area contributed by atoms with Crippen molar-refractivity contribution in [3.8, 4) is 0 Å². The van der Waals surface area contributed by atoms with E-state index in [2.05, 4.69) is 74.6 Å². The number of rotatable bonds is 56. The van der Waals surface area contributed by atoms with Gasteiger partial charge in [-0.25, -0.2) is 0 Å². The van der Waals surface area contributed by atoms with Crippen LogP contribution in [0.15, 0.2) is 60.8 Å². The van der Waals surface area contributed by atoms with Crippen LogP contribution in [0.1, 0.15) is 271 Å². The second-order valence-corrected chi connectivity index (χ2v) is 21.6. The Balaban J connectivity index is 4.05. The molecule has 73 heavy (non-hydrogen) atoms. The van der Waals surface area contributed by atoms with Gasteiger partial charge in [-0.15, -0.1) is 0 Å². The predicted molar refractivity (Wildman–Crippen MR) is 306 cm³/mol. The van der Waals surface area contributed by atoms with Gasteiger partial charge in [-0.2, -0.15) is 0 Å². The molecular formula is C64H115NO8. The predicted octanol–water partition coefficient (Wildman–Crippen LogP) is 16.7. The summed E-state index contributed by atoms with van der Waals surface area (Å²) in [4.78, 5) is 37.2. The lowest BCUT2D eigenvalue weighted by Gasteiger charge is -2.26. The van der Waals surface area contributed by atoms with Crippen LogP contribution in [-0.4, -0.2) is 82.3 Å². The molecule has 9 nitrogen and oxygen atoms in total. The topological polar surface area (TPSA) is 111 Å². The molecule has 0 spiro atoms. The fourth-order valence-corrected chi connectivity index (χ4v) is 8.58. The van der Waals surface area contributed by atoms with Crippen LogP contribution in [0.5, 0.6) is 0 Å². The third-order valence-corrected chi connectivity index (χ3v) is 13.2. The number of carbonyl (C=O) groups is 3. The van der Waals surface area contributed by atoms with Crippen molar-refractivity contribution in [1.29, 1.82) is 0 Å². The van der Waals surface area contributed by atoms with Crippen LogP contribution >= 0.6 is 0 Å². The molecule has 0 radical (unpaired) electrons. The number of aliphatic carboxylic acids is 1. The van der Waals surface area contributed by atoms with Gasteiger partial charge in [0.2, 0.25) is 0 Å². The van der Waals surface area contributed by atoms with E-state index in [4.69, 9.17) is 18.9 Å². The number of allylic oxidation sites excluding steroid dienone is 10. The number of hydrogen-bond donors (Lipinski definition) is 0. The zero-order chi connectivity index (χ0) is 53.4. The molecule has 2 unspecified atom stereocenters. The van der Waals surface area contributed by atoms with Gasteiger partial charge in [0.15, 0.2) is 12.4 Å². The number of likely N-dealkylation sites (N-methyl/N-ethyl adjacent to an activating group) is 1. The summed E-state index contributed by atoms with van der Waals surface area (Å²) in [5.74, 6) is -2.30. The van der Waals surface area contributed by atoms with E-state index in [1.807, 2.05) is 21.1 Å². The fraction of sp³-hybridized carbons (Fsp3) is 0.797. The van der Waals surface area contributed by atoms with Crippen molar-refractivity contribution < 1.29 is 42.9 Å². The molecule has 2 atom stereocenters. The number of carbonyl (C=O) groups excluding carboxylic acids is 3. The van der Waals surface area contributed by atoms with Crippen LogP contribution in [0, 0.1) is 0 Å². The highest BCUT2D eigenvalue weighted by Gasteiger charge is 2.22. The minimum Gasteiger partial charge on any atom is -0.545 e. The molecule has 0 aliphatic rings. The molecule has 0 aliphatic heterocycles. The maximum atomic E-state index is 12.8. The number of nitrogens with zero attached hydrogens (tertiary/aromatic N) is 1. The van der Waals surface area contributed by atoms with Gasteiger partial charge in [0.25, 0.3) is 0 Å². The summed E-state index contributed by atoms with van der Waals surface area (Å²) in [7, 11) is 5.91. The van der Waals surface area contributed by atoms with E-state index in [1.165, 1.54) is 161 Å². The summed E-state index contributed by atoms with van der Waals surface area (Å²) >= 11 is 0. The number of quaternary nitrogens is 1. The summed E-state index contributed by atoms with van der Waals surface area (Å²) in [5, 5.41) is 11.8. The van der Waals surface area contributed by atoms with Crippen LogP contribution in [-0.2, 0) is 33.3 Å². The van der Waals surface area contributed by atoms with Crippen molar-refractivity contribution in [2.45, 2.75) is 283 Å². The van der Waals surface area contributed by atoms with E-state index in [0.717, 1.165) is 77.0 Å². The van der Waals surface area contributed by atoms with Gasteiger partial charge >= 0.3 is 11.9 Å². The average Bonchev–Trinajstić information content (AvgIpc) is 3.36.